The van der Waals surface area contributed by atoms with Crippen LogP contribution in [-0.4, -0.2) is 31.8 Å². The molecule has 0 aliphatic carbocycles. The largest absolute Gasteiger partial charge is 0.376 e. The SMILES string of the molecule is N#Cc1ccc(CNC(=O)C2COCCO2)c(F)c1. The fourth-order valence-corrected chi connectivity index (χ4v) is 1.70. The lowest BCUT2D eigenvalue weighted by atomic mass is 10.1. The van der Waals surface area contributed by atoms with Crippen LogP contribution in [-0.2, 0) is 20.8 Å². The van der Waals surface area contributed by atoms with Gasteiger partial charge in [-0.2, -0.15) is 5.26 Å². The minimum absolute atomic E-state index is 0.0518. The molecule has 19 heavy (non-hydrogen) atoms. The average Bonchev–Trinajstić information content (AvgIpc) is 2.46. The quantitative estimate of drug-likeness (QED) is 0.873. The molecule has 100 valence electrons. The molecule has 0 radical (unpaired) electrons. The van der Waals surface area contributed by atoms with Gasteiger partial charge in [0.25, 0.3) is 5.91 Å². The van der Waals surface area contributed by atoms with Gasteiger partial charge in [0.05, 0.1) is 31.5 Å². The van der Waals surface area contributed by atoms with Crippen molar-refractivity contribution in [3.8, 4) is 6.07 Å². The third-order valence-corrected chi connectivity index (χ3v) is 2.74. The van der Waals surface area contributed by atoms with Gasteiger partial charge >= 0.3 is 0 Å². The Morgan fingerprint density at radius 3 is 3.00 bits per heavy atom. The summed E-state index contributed by atoms with van der Waals surface area (Å²) in [7, 11) is 0. The monoisotopic (exact) mass is 264 g/mol. The first-order valence-electron chi connectivity index (χ1n) is 5.86. The Balaban J connectivity index is 1.91. The molecule has 1 saturated heterocycles. The van der Waals surface area contributed by atoms with Crippen molar-refractivity contribution < 1.29 is 18.7 Å². The zero-order valence-electron chi connectivity index (χ0n) is 10.2. The van der Waals surface area contributed by atoms with Gasteiger partial charge in [0.1, 0.15) is 5.82 Å². The van der Waals surface area contributed by atoms with Gasteiger partial charge in [0.15, 0.2) is 6.10 Å². The molecule has 2 rings (SSSR count). The van der Waals surface area contributed by atoms with Crippen molar-refractivity contribution in [1.29, 1.82) is 5.26 Å². The number of carbonyl (C=O) groups excluding carboxylic acids is 1. The maximum atomic E-state index is 13.6. The zero-order chi connectivity index (χ0) is 13.7. The van der Waals surface area contributed by atoms with E-state index in [0.29, 0.717) is 18.8 Å². The standard InChI is InChI=1S/C13H13FN2O3/c14-11-5-9(6-15)1-2-10(11)7-16-13(17)12-8-18-3-4-19-12/h1-2,5,12H,3-4,7-8H2,(H,16,17). The molecular weight excluding hydrogens is 251 g/mol. The minimum Gasteiger partial charge on any atom is -0.376 e. The summed E-state index contributed by atoms with van der Waals surface area (Å²) in [5, 5.41) is 11.2. The summed E-state index contributed by atoms with van der Waals surface area (Å²) in [5.41, 5.74) is 0.570. The number of hydrogen-bond acceptors (Lipinski definition) is 4. The van der Waals surface area contributed by atoms with E-state index in [1.807, 2.05) is 6.07 Å². The van der Waals surface area contributed by atoms with Gasteiger partial charge in [-0.15, -0.1) is 0 Å². The first kappa shape index (κ1) is 13.5. The van der Waals surface area contributed by atoms with E-state index in [2.05, 4.69) is 5.32 Å². The molecule has 0 saturated carbocycles. The fourth-order valence-electron chi connectivity index (χ4n) is 1.70. The smallest absolute Gasteiger partial charge is 0.251 e. The van der Waals surface area contributed by atoms with E-state index >= 15 is 0 Å². The lowest BCUT2D eigenvalue weighted by molar-refractivity contribution is -0.147. The molecule has 1 N–H and O–H groups in total. The van der Waals surface area contributed by atoms with E-state index in [1.165, 1.54) is 12.1 Å². The molecule has 1 aliphatic heterocycles. The molecule has 1 aliphatic rings. The molecule has 0 spiro atoms. The Bertz CT molecular complexity index is 507. The van der Waals surface area contributed by atoms with Crippen LogP contribution in [0.15, 0.2) is 18.2 Å². The van der Waals surface area contributed by atoms with Crippen molar-refractivity contribution in [2.24, 2.45) is 0 Å². The van der Waals surface area contributed by atoms with Gasteiger partial charge in [-0.3, -0.25) is 4.79 Å². The van der Waals surface area contributed by atoms with Gasteiger partial charge in [-0.05, 0) is 12.1 Å². The second kappa shape index (κ2) is 6.27. The number of benzene rings is 1. The second-order valence-corrected chi connectivity index (χ2v) is 4.07. The average molecular weight is 264 g/mol. The number of rotatable bonds is 3. The lowest BCUT2D eigenvalue weighted by Crippen LogP contribution is -2.42. The maximum Gasteiger partial charge on any atom is 0.251 e. The molecule has 0 bridgehead atoms. The number of amides is 1. The van der Waals surface area contributed by atoms with Crippen LogP contribution in [0.2, 0.25) is 0 Å². The predicted octanol–water partition coefficient (Wildman–Crippen LogP) is 0.729. The first-order chi connectivity index (χ1) is 9.20. The zero-order valence-corrected chi connectivity index (χ0v) is 10.2. The Kier molecular flexibility index (Phi) is 4.44. The van der Waals surface area contributed by atoms with Crippen LogP contribution in [0.1, 0.15) is 11.1 Å². The third kappa shape index (κ3) is 3.50. The Morgan fingerprint density at radius 2 is 2.37 bits per heavy atom. The van der Waals surface area contributed by atoms with Crippen LogP contribution >= 0.6 is 0 Å². The molecule has 1 aromatic rings. The summed E-state index contributed by atoms with van der Waals surface area (Å²) in [6, 6.07) is 5.97. The third-order valence-electron chi connectivity index (χ3n) is 2.74. The van der Waals surface area contributed by atoms with Crippen LogP contribution in [0.3, 0.4) is 0 Å². The Labute approximate surface area is 109 Å². The van der Waals surface area contributed by atoms with Crippen LogP contribution < -0.4 is 5.32 Å². The van der Waals surface area contributed by atoms with Gasteiger partial charge in [-0.1, -0.05) is 6.07 Å². The molecule has 1 fully saturated rings. The highest BCUT2D eigenvalue weighted by Gasteiger charge is 2.22. The molecular formula is C13H13FN2O3. The molecule has 6 heteroatoms. The lowest BCUT2D eigenvalue weighted by Gasteiger charge is -2.22. The maximum absolute atomic E-state index is 13.6. The van der Waals surface area contributed by atoms with Crippen molar-refractivity contribution in [2.75, 3.05) is 19.8 Å². The topological polar surface area (TPSA) is 71.4 Å². The molecule has 5 nitrogen and oxygen atoms in total. The number of ether oxygens (including phenoxy) is 2. The van der Waals surface area contributed by atoms with E-state index in [1.54, 1.807) is 0 Å². The molecule has 1 atom stereocenters. The van der Waals surface area contributed by atoms with Crippen molar-refractivity contribution in [3.63, 3.8) is 0 Å². The molecule has 1 aromatic carbocycles. The van der Waals surface area contributed by atoms with Crippen molar-refractivity contribution in [3.05, 3.63) is 35.1 Å². The Hall–Kier alpha value is -1.97. The second-order valence-electron chi connectivity index (χ2n) is 4.07. The van der Waals surface area contributed by atoms with Crippen LogP contribution in [0, 0.1) is 17.1 Å². The summed E-state index contributed by atoms with van der Waals surface area (Å²) in [4.78, 5) is 11.7. The normalized spacial score (nSPS) is 18.6. The molecule has 1 unspecified atom stereocenters. The van der Waals surface area contributed by atoms with Crippen LogP contribution in [0.5, 0.6) is 0 Å². The summed E-state index contributed by atoms with van der Waals surface area (Å²) in [6.45, 7) is 1.12. The van der Waals surface area contributed by atoms with E-state index in [-0.39, 0.29) is 24.6 Å². The van der Waals surface area contributed by atoms with Crippen LogP contribution in [0.4, 0.5) is 4.39 Å². The summed E-state index contributed by atoms with van der Waals surface area (Å²) < 4.78 is 23.9. The number of nitrogens with zero attached hydrogens (tertiary/aromatic N) is 1. The number of nitriles is 1. The highest BCUT2D eigenvalue weighted by Crippen LogP contribution is 2.10. The van der Waals surface area contributed by atoms with E-state index < -0.39 is 11.9 Å². The van der Waals surface area contributed by atoms with E-state index in [4.69, 9.17) is 14.7 Å². The Morgan fingerprint density at radius 1 is 1.53 bits per heavy atom. The van der Waals surface area contributed by atoms with Crippen molar-refractivity contribution in [1.82, 2.24) is 5.32 Å². The summed E-state index contributed by atoms with van der Waals surface area (Å²) in [6.07, 6.45) is -0.643. The van der Waals surface area contributed by atoms with Crippen LogP contribution in [0.25, 0.3) is 0 Å². The number of nitrogens with one attached hydrogen (secondary N) is 1. The van der Waals surface area contributed by atoms with Gasteiger partial charge in [0.2, 0.25) is 0 Å². The summed E-state index contributed by atoms with van der Waals surface area (Å²) in [5.74, 6) is -0.844. The molecule has 1 heterocycles. The van der Waals surface area contributed by atoms with Gasteiger partial charge in [0, 0.05) is 12.1 Å². The minimum atomic E-state index is -0.643. The van der Waals surface area contributed by atoms with E-state index in [9.17, 15) is 9.18 Å². The number of halogens is 1. The first-order valence-corrected chi connectivity index (χ1v) is 5.86. The van der Waals surface area contributed by atoms with E-state index in [0.717, 1.165) is 6.07 Å². The predicted molar refractivity (Wildman–Crippen MR) is 63.5 cm³/mol. The highest BCUT2D eigenvalue weighted by molar-refractivity contribution is 5.80. The highest BCUT2D eigenvalue weighted by atomic mass is 19.1. The van der Waals surface area contributed by atoms with Crippen molar-refractivity contribution >= 4 is 5.91 Å². The van der Waals surface area contributed by atoms with Gasteiger partial charge in [-0.25, -0.2) is 4.39 Å². The van der Waals surface area contributed by atoms with Gasteiger partial charge < -0.3 is 14.8 Å². The molecule has 1 amide bonds. The van der Waals surface area contributed by atoms with Crippen molar-refractivity contribution in [2.45, 2.75) is 12.6 Å². The summed E-state index contributed by atoms with van der Waals surface area (Å²) >= 11 is 0. The molecule has 0 aromatic heterocycles. The number of carbonyl (C=O) groups is 1. The fraction of sp³-hybridized carbons (Fsp3) is 0.385. The number of hydrogen-bond donors (Lipinski definition) is 1.